The van der Waals surface area contributed by atoms with Crippen LogP contribution in [0.3, 0.4) is 0 Å². The van der Waals surface area contributed by atoms with Crippen LogP contribution in [0.25, 0.3) is 0 Å². The number of nitrogens with zero attached hydrogens (tertiary/aromatic N) is 3. The highest BCUT2D eigenvalue weighted by molar-refractivity contribution is 5.74. The number of benzene rings is 1. The molecule has 2 amide bonds. The Morgan fingerprint density at radius 1 is 1.29 bits per heavy atom. The summed E-state index contributed by atoms with van der Waals surface area (Å²) in [7, 11) is 0. The molecule has 0 aliphatic carbocycles. The molecule has 0 aliphatic rings. The number of rotatable bonds is 7. The van der Waals surface area contributed by atoms with E-state index in [1.165, 1.54) is 5.56 Å². The van der Waals surface area contributed by atoms with Crippen LogP contribution in [0.4, 0.5) is 4.79 Å². The molecule has 2 rings (SSSR count). The second-order valence-electron chi connectivity index (χ2n) is 6.72. The fourth-order valence-electron chi connectivity index (χ4n) is 2.94. The van der Waals surface area contributed by atoms with Crippen molar-refractivity contribution in [1.29, 1.82) is 0 Å². The van der Waals surface area contributed by atoms with Crippen molar-refractivity contribution in [3.63, 3.8) is 0 Å². The van der Waals surface area contributed by atoms with E-state index in [0.29, 0.717) is 6.54 Å². The first-order chi connectivity index (χ1) is 11.4. The van der Waals surface area contributed by atoms with Crippen LogP contribution in [0.5, 0.6) is 0 Å². The Hall–Kier alpha value is -2.37. The molecule has 1 aromatic carbocycles. The Balaban J connectivity index is 1.83. The molecule has 0 bridgehead atoms. The van der Waals surface area contributed by atoms with Gasteiger partial charge < -0.3 is 15.2 Å². The van der Waals surface area contributed by atoms with E-state index in [9.17, 15) is 4.79 Å². The first-order valence-corrected chi connectivity index (χ1v) is 8.39. The predicted octanol–water partition coefficient (Wildman–Crippen LogP) is 2.85. The number of hydrogen-bond donors (Lipinski definition) is 2. The van der Waals surface area contributed by atoms with Crippen molar-refractivity contribution >= 4 is 6.03 Å². The highest BCUT2D eigenvalue weighted by Crippen LogP contribution is 2.28. The van der Waals surface area contributed by atoms with Gasteiger partial charge in [-0.1, -0.05) is 44.2 Å². The van der Waals surface area contributed by atoms with Crippen molar-refractivity contribution < 1.29 is 4.79 Å². The Kier molecular flexibility index (Phi) is 5.95. The van der Waals surface area contributed by atoms with Crippen molar-refractivity contribution in [3.8, 4) is 0 Å². The van der Waals surface area contributed by atoms with Crippen LogP contribution in [0, 0.1) is 0 Å². The van der Waals surface area contributed by atoms with Crippen molar-refractivity contribution in [2.45, 2.75) is 58.7 Å². The molecular formula is C18H27N5O. The van der Waals surface area contributed by atoms with Crippen molar-refractivity contribution in [2.75, 3.05) is 0 Å². The van der Waals surface area contributed by atoms with Crippen molar-refractivity contribution in [1.82, 2.24) is 25.4 Å². The largest absolute Gasteiger partial charge is 0.336 e. The third kappa shape index (κ3) is 4.81. The van der Waals surface area contributed by atoms with Gasteiger partial charge in [0, 0.05) is 12.6 Å². The summed E-state index contributed by atoms with van der Waals surface area (Å²) in [6, 6.07) is 10.2. The van der Waals surface area contributed by atoms with Gasteiger partial charge >= 0.3 is 6.03 Å². The van der Waals surface area contributed by atoms with E-state index >= 15 is 0 Å². The zero-order valence-electron chi connectivity index (χ0n) is 14.9. The third-order valence-corrected chi connectivity index (χ3v) is 4.19. The van der Waals surface area contributed by atoms with E-state index < -0.39 is 0 Å². The lowest BCUT2D eigenvalue weighted by molar-refractivity contribution is 0.234. The van der Waals surface area contributed by atoms with Crippen LogP contribution in [0.15, 0.2) is 36.7 Å². The summed E-state index contributed by atoms with van der Waals surface area (Å²) >= 11 is 0. The Morgan fingerprint density at radius 3 is 2.67 bits per heavy atom. The summed E-state index contributed by atoms with van der Waals surface area (Å²) in [6.45, 7) is 9.59. The zero-order chi connectivity index (χ0) is 17.6. The van der Waals surface area contributed by atoms with Crippen molar-refractivity contribution in [2.24, 2.45) is 0 Å². The maximum atomic E-state index is 12.1. The van der Waals surface area contributed by atoms with Gasteiger partial charge in [0.15, 0.2) is 5.82 Å². The topological polar surface area (TPSA) is 71.8 Å². The molecule has 0 radical (unpaired) electrons. The van der Waals surface area contributed by atoms with Crippen LogP contribution in [-0.2, 0) is 18.5 Å². The molecule has 6 heteroatoms. The molecule has 1 atom stereocenters. The Bertz CT molecular complexity index is 650. The molecule has 130 valence electrons. The fourth-order valence-corrected chi connectivity index (χ4v) is 2.94. The highest BCUT2D eigenvalue weighted by Gasteiger charge is 2.24. The van der Waals surface area contributed by atoms with Gasteiger partial charge in [-0.3, -0.25) is 0 Å². The Labute approximate surface area is 143 Å². The van der Waals surface area contributed by atoms with Gasteiger partial charge in [0.25, 0.3) is 0 Å². The summed E-state index contributed by atoms with van der Waals surface area (Å²) in [5, 5.41) is 13.7. The van der Waals surface area contributed by atoms with Crippen LogP contribution < -0.4 is 10.6 Å². The molecule has 6 nitrogen and oxygen atoms in total. The molecule has 0 saturated carbocycles. The smallest absolute Gasteiger partial charge is 0.315 e. The molecule has 0 unspecified atom stereocenters. The van der Waals surface area contributed by atoms with Gasteiger partial charge in [-0.05, 0) is 31.2 Å². The molecule has 0 saturated heterocycles. The van der Waals surface area contributed by atoms with E-state index in [1.807, 2.05) is 36.6 Å². The lowest BCUT2D eigenvalue weighted by atomic mass is 9.79. The summed E-state index contributed by atoms with van der Waals surface area (Å²) in [5.41, 5.74) is 1.27. The molecule has 2 aromatic rings. The van der Waals surface area contributed by atoms with Gasteiger partial charge in [0.1, 0.15) is 6.33 Å². The number of nitrogens with one attached hydrogen (secondary N) is 2. The van der Waals surface area contributed by atoms with Crippen LogP contribution in [0.1, 0.15) is 45.5 Å². The number of urea groups is 1. The van der Waals surface area contributed by atoms with Crippen LogP contribution in [0.2, 0.25) is 0 Å². The van der Waals surface area contributed by atoms with E-state index in [1.54, 1.807) is 6.33 Å². The standard InChI is InChI=1S/C18H27N5O/c1-5-23-13-20-22-16(23)12-19-17(24)21-14(2)11-18(3,4)15-9-7-6-8-10-15/h6-10,13-14H,5,11-12H2,1-4H3,(H2,19,21,24)/t14-/m1/s1. The zero-order valence-corrected chi connectivity index (χ0v) is 14.9. The summed E-state index contributed by atoms with van der Waals surface area (Å²) < 4.78 is 1.90. The average molecular weight is 329 g/mol. The number of hydrogen-bond acceptors (Lipinski definition) is 3. The first-order valence-electron chi connectivity index (χ1n) is 8.39. The predicted molar refractivity (Wildman–Crippen MR) is 94.6 cm³/mol. The van der Waals surface area contributed by atoms with Gasteiger partial charge in [-0.2, -0.15) is 0 Å². The summed E-state index contributed by atoms with van der Waals surface area (Å²) in [6.07, 6.45) is 2.52. The molecule has 1 aromatic heterocycles. The molecule has 0 spiro atoms. The molecule has 1 heterocycles. The highest BCUT2D eigenvalue weighted by atomic mass is 16.2. The van der Waals surface area contributed by atoms with E-state index in [-0.39, 0.29) is 17.5 Å². The lowest BCUT2D eigenvalue weighted by Gasteiger charge is -2.29. The monoisotopic (exact) mass is 329 g/mol. The second kappa shape index (κ2) is 7.95. The van der Waals surface area contributed by atoms with E-state index in [4.69, 9.17) is 0 Å². The number of carbonyl (C=O) groups is 1. The van der Waals surface area contributed by atoms with E-state index in [0.717, 1.165) is 18.8 Å². The molecule has 0 aliphatic heterocycles. The minimum Gasteiger partial charge on any atom is -0.336 e. The normalized spacial score (nSPS) is 12.7. The second-order valence-corrected chi connectivity index (χ2v) is 6.72. The SMILES string of the molecule is CCn1cnnc1CNC(=O)N[C@H](C)CC(C)(C)c1ccccc1. The molecule has 24 heavy (non-hydrogen) atoms. The third-order valence-electron chi connectivity index (χ3n) is 4.19. The summed E-state index contributed by atoms with van der Waals surface area (Å²) in [4.78, 5) is 12.1. The molecule has 2 N–H and O–H groups in total. The lowest BCUT2D eigenvalue weighted by Crippen LogP contribution is -2.43. The van der Waals surface area contributed by atoms with Gasteiger partial charge in [0.05, 0.1) is 6.54 Å². The molecule has 0 fully saturated rings. The fraction of sp³-hybridized carbons (Fsp3) is 0.500. The van der Waals surface area contributed by atoms with E-state index in [2.05, 4.69) is 46.8 Å². The number of amides is 2. The van der Waals surface area contributed by atoms with Crippen LogP contribution in [-0.4, -0.2) is 26.8 Å². The van der Waals surface area contributed by atoms with Crippen LogP contribution >= 0.6 is 0 Å². The van der Waals surface area contributed by atoms with Crippen molar-refractivity contribution in [3.05, 3.63) is 48.0 Å². The number of aromatic nitrogens is 3. The van der Waals surface area contributed by atoms with Gasteiger partial charge in [-0.15, -0.1) is 10.2 Å². The maximum Gasteiger partial charge on any atom is 0.315 e. The first kappa shape index (κ1) is 18.0. The summed E-state index contributed by atoms with van der Waals surface area (Å²) in [5.74, 6) is 0.755. The van der Waals surface area contributed by atoms with Gasteiger partial charge in [-0.25, -0.2) is 4.79 Å². The number of carbonyl (C=O) groups excluding carboxylic acids is 1. The minimum absolute atomic E-state index is 0.00363. The maximum absolute atomic E-state index is 12.1. The average Bonchev–Trinajstić information content (AvgIpc) is 3.00. The number of aryl methyl sites for hydroxylation is 1. The molecular weight excluding hydrogens is 302 g/mol. The minimum atomic E-state index is -0.183. The Morgan fingerprint density at radius 2 is 2.00 bits per heavy atom. The quantitative estimate of drug-likeness (QED) is 0.820. The van der Waals surface area contributed by atoms with Gasteiger partial charge in [0.2, 0.25) is 0 Å².